The Hall–Kier alpha value is -4.30. The van der Waals surface area contributed by atoms with Crippen molar-refractivity contribution in [1.29, 1.82) is 0 Å². The first kappa shape index (κ1) is 23.8. The molecule has 0 saturated carbocycles. The predicted octanol–water partition coefficient (Wildman–Crippen LogP) is 9.79. The third-order valence-electron chi connectivity index (χ3n) is 5.61. The predicted molar refractivity (Wildman–Crippen MR) is 148 cm³/mol. The van der Waals surface area contributed by atoms with Crippen LogP contribution < -0.4 is 9.47 Å². The first-order valence-electron chi connectivity index (χ1n) is 11.9. The molecule has 0 aromatic heterocycles. The molecule has 0 atom stereocenters. The fraction of sp³-hybridized carbons (Fsp3) is 0.0909. The molecular weight excluding hydrogens is 428 g/mol. The first-order chi connectivity index (χ1) is 17.2. The van der Waals surface area contributed by atoms with E-state index in [0.29, 0.717) is 0 Å². The van der Waals surface area contributed by atoms with Crippen LogP contribution in [0.2, 0.25) is 0 Å². The van der Waals surface area contributed by atoms with Gasteiger partial charge in [0.05, 0.1) is 0 Å². The summed E-state index contributed by atoms with van der Waals surface area (Å²) in [5.41, 5.74) is 5.54. The minimum absolute atomic E-state index is 0.810. The number of benzene rings is 4. The number of para-hydroxylation sites is 2. The maximum atomic E-state index is 6.14. The molecule has 2 heteroatoms. The van der Waals surface area contributed by atoms with E-state index in [1.54, 1.807) is 0 Å². The Morgan fingerprint density at radius 3 is 1.29 bits per heavy atom. The molecule has 4 rings (SSSR count). The molecule has 0 unspecified atom stereocenters. The summed E-state index contributed by atoms with van der Waals surface area (Å²) in [5, 5.41) is 0. The quantitative estimate of drug-likeness (QED) is 0.261. The van der Waals surface area contributed by atoms with Crippen LogP contribution in [0, 0.1) is 0 Å². The second-order valence-corrected chi connectivity index (χ2v) is 8.03. The van der Waals surface area contributed by atoms with Gasteiger partial charge in [0.15, 0.2) is 0 Å². The molecule has 0 spiro atoms. The smallest absolute Gasteiger partial charge is 0.134 e. The minimum atomic E-state index is 0.810. The van der Waals surface area contributed by atoms with Gasteiger partial charge in [-0.2, -0.15) is 0 Å². The molecule has 0 fully saturated rings. The summed E-state index contributed by atoms with van der Waals surface area (Å²) in [6.07, 6.45) is 10.3. The van der Waals surface area contributed by atoms with Crippen molar-refractivity contribution in [1.82, 2.24) is 0 Å². The molecule has 0 aliphatic rings. The van der Waals surface area contributed by atoms with Crippen LogP contribution >= 0.6 is 0 Å². The Morgan fingerprint density at radius 1 is 0.514 bits per heavy atom. The van der Waals surface area contributed by atoms with Crippen LogP contribution in [0.5, 0.6) is 23.0 Å². The van der Waals surface area contributed by atoms with E-state index in [2.05, 4.69) is 37.3 Å². The van der Waals surface area contributed by atoms with Crippen LogP contribution in [0.25, 0.3) is 17.7 Å². The highest BCUT2D eigenvalue weighted by atomic mass is 16.5. The van der Waals surface area contributed by atoms with Crippen molar-refractivity contribution in [3.63, 3.8) is 0 Å². The van der Waals surface area contributed by atoms with Crippen molar-refractivity contribution in [2.75, 3.05) is 0 Å². The Bertz CT molecular complexity index is 1240. The molecular formula is C33H30O2. The number of hydrogen-bond donors (Lipinski definition) is 0. The Labute approximate surface area is 208 Å². The van der Waals surface area contributed by atoms with E-state index >= 15 is 0 Å². The van der Waals surface area contributed by atoms with Gasteiger partial charge in [-0.05, 0) is 73.9 Å². The molecule has 4 aromatic rings. The van der Waals surface area contributed by atoms with Gasteiger partial charge in [0.2, 0.25) is 0 Å². The number of allylic oxidation sites excluding steroid dienone is 3. The fourth-order valence-electron chi connectivity index (χ4n) is 3.94. The van der Waals surface area contributed by atoms with Gasteiger partial charge in [-0.25, -0.2) is 0 Å². The van der Waals surface area contributed by atoms with Gasteiger partial charge in [0.1, 0.15) is 23.0 Å². The van der Waals surface area contributed by atoms with Gasteiger partial charge < -0.3 is 9.47 Å². The summed E-state index contributed by atoms with van der Waals surface area (Å²) in [6.45, 7) is 6.07. The van der Waals surface area contributed by atoms with E-state index in [4.69, 9.17) is 9.47 Å². The lowest BCUT2D eigenvalue weighted by molar-refractivity contribution is 0.481. The van der Waals surface area contributed by atoms with Gasteiger partial charge in [-0.1, -0.05) is 91.0 Å². The summed E-state index contributed by atoms with van der Waals surface area (Å²) >= 11 is 0. The van der Waals surface area contributed by atoms with Gasteiger partial charge in [-0.15, -0.1) is 0 Å². The first-order valence-corrected chi connectivity index (χ1v) is 11.9. The summed E-state index contributed by atoms with van der Waals surface area (Å²) < 4.78 is 12.3. The lowest BCUT2D eigenvalue weighted by Gasteiger charge is -2.13. The normalized spacial score (nSPS) is 11.1. The van der Waals surface area contributed by atoms with E-state index in [1.165, 1.54) is 0 Å². The molecule has 0 saturated heterocycles. The molecule has 0 heterocycles. The van der Waals surface area contributed by atoms with E-state index in [-0.39, 0.29) is 0 Å². The average Bonchev–Trinajstić information content (AvgIpc) is 2.89. The zero-order valence-electron chi connectivity index (χ0n) is 20.4. The molecule has 2 nitrogen and oxygen atoms in total. The maximum Gasteiger partial charge on any atom is 0.134 e. The van der Waals surface area contributed by atoms with Gasteiger partial charge in [0, 0.05) is 11.1 Å². The highest BCUT2D eigenvalue weighted by molar-refractivity contribution is 5.80. The lowest BCUT2D eigenvalue weighted by atomic mass is 9.97. The fourth-order valence-corrected chi connectivity index (χ4v) is 3.94. The van der Waals surface area contributed by atoms with Crippen LogP contribution in [0.1, 0.15) is 43.0 Å². The Morgan fingerprint density at radius 2 is 0.914 bits per heavy atom. The van der Waals surface area contributed by atoms with E-state index in [9.17, 15) is 0 Å². The molecule has 0 N–H and O–H groups in total. The Kier molecular flexibility index (Phi) is 7.98. The van der Waals surface area contributed by atoms with Crippen LogP contribution in [0.15, 0.2) is 115 Å². The molecule has 0 amide bonds. The molecule has 35 heavy (non-hydrogen) atoms. The minimum Gasteiger partial charge on any atom is -0.457 e. The highest BCUT2D eigenvalue weighted by Gasteiger charge is 2.08. The summed E-state index contributed by atoms with van der Waals surface area (Å²) in [5.74, 6) is 3.31. The molecule has 0 aliphatic carbocycles. The number of ether oxygens (including phenoxy) is 2. The van der Waals surface area contributed by atoms with E-state index < -0.39 is 0 Å². The van der Waals surface area contributed by atoms with Crippen LogP contribution in [-0.4, -0.2) is 0 Å². The van der Waals surface area contributed by atoms with Crippen molar-refractivity contribution < 1.29 is 9.47 Å². The zero-order valence-corrected chi connectivity index (χ0v) is 20.4. The molecule has 0 bridgehead atoms. The Balaban J connectivity index is 1.50. The number of rotatable bonds is 8. The van der Waals surface area contributed by atoms with Crippen LogP contribution in [0.4, 0.5) is 0 Å². The van der Waals surface area contributed by atoms with Crippen LogP contribution in [0.3, 0.4) is 0 Å². The van der Waals surface area contributed by atoms with Gasteiger partial charge in [-0.3, -0.25) is 0 Å². The topological polar surface area (TPSA) is 18.5 Å². The summed E-state index contributed by atoms with van der Waals surface area (Å²) in [6, 6.07) is 32.5. The highest BCUT2D eigenvalue weighted by Crippen LogP contribution is 2.31. The zero-order chi connectivity index (χ0) is 24.5. The van der Waals surface area contributed by atoms with Crippen molar-refractivity contribution >= 4 is 17.7 Å². The maximum absolute atomic E-state index is 6.14. The largest absolute Gasteiger partial charge is 0.457 e. The third-order valence-corrected chi connectivity index (χ3v) is 5.61. The SMILES string of the molecule is CC=C(c1ccc(Oc2ccccc2/C=C\C)cc1)c1ccc(Oc2ccccc2/C=C\C)cc1. The van der Waals surface area contributed by atoms with Gasteiger partial charge >= 0.3 is 0 Å². The van der Waals surface area contributed by atoms with Crippen LogP contribution in [-0.2, 0) is 0 Å². The van der Waals surface area contributed by atoms with Crippen molar-refractivity contribution in [2.45, 2.75) is 20.8 Å². The van der Waals surface area contributed by atoms with Crippen molar-refractivity contribution in [3.05, 3.63) is 138 Å². The second kappa shape index (κ2) is 11.7. The molecule has 0 aliphatic heterocycles. The number of hydrogen-bond acceptors (Lipinski definition) is 2. The second-order valence-electron chi connectivity index (χ2n) is 8.03. The standard InChI is InChI=1S/C33H30O2/c1-4-11-27-13-7-9-15-32(27)34-29-21-17-25(18-22-29)31(6-3)26-19-23-30(24-20-26)35-33-16-10-8-14-28(33)12-5-2/h4-24H,1-3H3/b11-4-,12-5-. The van der Waals surface area contributed by atoms with E-state index in [1.807, 2.05) is 111 Å². The molecule has 0 radical (unpaired) electrons. The third kappa shape index (κ3) is 5.99. The monoisotopic (exact) mass is 458 g/mol. The molecule has 174 valence electrons. The lowest BCUT2D eigenvalue weighted by Crippen LogP contribution is -1.91. The molecule has 4 aromatic carbocycles. The summed E-state index contributed by atoms with van der Waals surface area (Å²) in [4.78, 5) is 0. The van der Waals surface area contributed by atoms with E-state index in [0.717, 1.165) is 50.8 Å². The van der Waals surface area contributed by atoms with Crippen molar-refractivity contribution in [3.8, 4) is 23.0 Å². The average molecular weight is 459 g/mol. The summed E-state index contributed by atoms with van der Waals surface area (Å²) in [7, 11) is 0. The van der Waals surface area contributed by atoms with Crippen molar-refractivity contribution in [2.24, 2.45) is 0 Å². The van der Waals surface area contributed by atoms with Gasteiger partial charge in [0.25, 0.3) is 0 Å².